The van der Waals surface area contributed by atoms with Gasteiger partial charge in [-0.3, -0.25) is 9.69 Å². The molecule has 0 radical (unpaired) electrons. The molecule has 1 aromatic carbocycles. The number of hydrogen-bond donors (Lipinski definition) is 2. The minimum Gasteiger partial charge on any atom is -0.507 e. The summed E-state index contributed by atoms with van der Waals surface area (Å²) in [5.74, 6) is -0.328. The maximum absolute atomic E-state index is 11.1. The van der Waals surface area contributed by atoms with Gasteiger partial charge < -0.3 is 14.6 Å². The van der Waals surface area contributed by atoms with Crippen molar-refractivity contribution in [2.75, 3.05) is 13.1 Å². The average Bonchev–Trinajstić information content (AvgIpc) is 2.96. The Morgan fingerprint density at radius 2 is 2.18 bits per heavy atom. The second-order valence-electron chi connectivity index (χ2n) is 5.43. The van der Waals surface area contributed by atoms with E-state index in [1.165, 1.54) is 0 Å². The number of carboxylic acid groups (broad SMARTS) is 1. The molecule has 7 nitrogen and oxygen atoms in total. The Morgan fingerprint density at radius 1 is 1.36 bits per heavy atom. The minimum atomic E-state index is -0.759. The van der Waals surface area contributed by atoms with E-state index in [0.717, 1.165) is 13.0 Å². The molecule has 2 heterocycles. The van der Waals surface area contributed by atoms with Crippen LogP contribution in [0.2, 0.25) is 0 Å². The molecule has 116 valence electrons. The SMILES string of the molecule is O=C(O)C1CCCN(Cc2nnc(-c3ccccc3O)o2)C1. The molecule has 1 fully saturated rings. The van der Waals surface area contributed by atoms with Crippen molar-refractivity contribution < 1.29 is 19.4 Å². The van der Waals surface area contributed by atoms with Crippen LogP contribution in [0.15, 0.2) is 28.7 Å². The zero-order valence-corrected chi connectivity index (χ0v) is 12.0. The number of phenolic OH excluding ortho intramolecular Hbond substituents is 1. The third-order valence-corrected chi connectivity index (χ3v) is 3.81. The predicted molar refractivity (Wildman–Crippen MR) is 77.0 cm³/mol. The molecule has 0 saturated carbocycles. The van der Waals surface area contributed by atoms with Crippen LogP contribution in [-0.4, -0.2) is 44.4 Å². The summed E-state index contributed by atoms with van der Waals surface area (Å²) >= 11 is 0. The van der Waals surface area contributed by atoms with Crippen molar-refractivity contribution in [2.24, 2.45) is 5.92 Å². The van der Waals surface area contributed by atoms with Gasteiger partial charge in [0, 0.05) is 6.54 Å². The van der Waals surface area contributed by atoms with Crippen molar-refractivity contribution >= 4 is 5.97 Å². The number of para-hydroxylation sites is 1. The molecule has 0 bridgehead atoms. The standard InChI is InChI=1S/C15H17N3O4/c19-12-6-2-1-5-11(12)14-17-16-13(22-14)9-18-7-3-4-10(8-18)15(20)21/h1-2,5-6,10,19H,3-4,7-9H2,(H,20,21). The molecule has 2 aromatic rings. The largest absolute Gasteiger partial charge is 0.507 e. The first kappa shape index (κ1) is 14.5. The summed E-state index contributed by atoms with van der Waals surface area (Å²) in [6.45, 7) is 1.73. The van der Waals surface area contributed by atoms with E-state index in [9.17, 15) is 9.90 Å². The third kappa shape index (κ3) is 3.09. The number of hydrogen-bond acceptors (Lipinski definition) is 6. The van der Waals surface area contributed by atoms with E-state index < -0.39 is 5.97 Å². The Labute approximate surface area is 127 Å². The summed E-state index contributed by atoms with van der Waals surface area (Å²) in [5.41, 5.74) is 0.489. The number of aliphatic carboxylic acids is 1. The van der Waals surface area contributed by atoms with Crippen LogP contribution in [0.3, 0.4) is 0 Å². The molecule has 22 heavy (non-hydrogen) atoms. The lowest BCUT2D eigenvalue weighted by Gasteiger charge is -2.29. The number of nitrogens with zero attached hydrogens (tertiary/aromatic N) is 3. The van der Waals surface area contributed by atoms with Crippen molar-refractivity contribution in [1.29, 1.82) is 0 Å². The van der Waals surface area contributed by atoms with Gasteiger partial charge in [-0.15, -0.1) is 10.2 Å². The number of carboxylic acids is 1. The molecule has 1 saturated heterocycles. The molecule has 1 aromatic heterocycles. The summed E-state index contributed by atoms with van der Waals surface area (Å²) in [7, 11) is 0. The second-order valence-corrected chi connectivity index (χ2v) is 5.43. The topological polar surface area (TPSA) is 99.7 Å². The van der Waals surface area contributed by atoms with E-state index in [2.05, 4.69) is 10.2 Å². The predicted octanol–water partition coefficient (Wildman–Crippen LogP) is 1.74. The molecule has 1 aliphatic rings. The second kappa shape index (κ2) is 6.15. The van der Waals surface area contributed by atoms with E-state index in [0.29, 0.717) is 31.0 Å². The van der Waals surface area contributed by atoms with Gasteiger partial charge in [-0.25, -0.2) is 0 Å². The van der Waals surface area contributed by atoms with Gasteiger partial charge >= 0.3 is 5.97 Å². The number of aromatic nitrogens is 2. The Hall–Kier alpha value is -2.41. The molecular weight excluding hydrogens is 286 g/mol. The van der Waals surface area contributed by atoms with Crippen LogP contribution in [0.5, 0.6) is 5.75 Å². The van der Waals surface area contributed by atoms with Crippen molar-refractivity contribution in [1.82, 2.24) is 15.1 Å². The first-order chi connectivity index (χ1) is 10.6. The first-order valence-electron chi connectivity index (χ1n) is 7.19. The summed E-state index contributed by atoms with van der Waals surface area (Å²) in [6, 6.07) is 6.76. The van der Waals surface area contributed by atoms with E-state index >= 15 is 0 Å². The number of piperidine rings is 1. The average molecular weight is 303 g/mol. The van der Waals surface area contributed by atoms with Gasteiger partial charge in [0.25, 0.3) is 5.89 Å². The fourth-order valence-corrected chi connectivity index (χ4v) is 2.67. The smallest absolute Gasteiger partial charge is 0.307 e. The number of phenols is 1. The highest BCUT2D eigenvalue weighted by atomic mass is 16.4. The quantitative estimate of drug-likeness (QED) is 0.887. The maximum atomic E-state index is 11.1. The molecular formula is C15H17N3O4. The summed E-state index contributed by atoms with van der Waals surface area (Å²) in [6.07, 6.45) is 1.55. The number of rotatable bonds is 4. The summed E-state index contributed by atoms with van der Waals surface area (Å²) in [5, 5.41) is 26.8. The minimum absolute atomic E-state index is 0.0848. The lowest BCUT2D eigenvalue weighted by Crippen LogP contribution is -2.38. The molecule has 1 aliphatic heterocycles. The van der Waals surface area contributed by atoms with Gasteiger partial charge in [0.15, 0.2) is 0 Å². The van der Waals surface area contributed by atoms with Crippen LogP contribution >= 0.6 is 0 Å². The number of aromatic hydroxyl groups is 1. The molecule has 3 rings (SSSR count). The Morgan fingerprint density at radius 3 is 2.95 bits per heavy atom. The molecule has 0 amide bonds. The summed E-state index contributed by atoms with van der Waals surface area (Å²) < 4.78 is 5.58. The van der Waals surface area contributed by atoms with Crippen molar-refractivity contribution in [3.05, 3.63) is 30.2 Å². The molecule has 1 atom stereocenters. The van der Waals surface area contributed by atoms with E-state index in [1.54, 1.807) is 24.3 Å². The lowest BCUT2D eigenvalue weighted by atomic mass is 9.98. The fraction of sp³-hybridized carbons (Fsp3) is 0.400. The number of likely N-dealkylation sites (tertiary alicyclic amines) is 1. The van der Waals surface area contributed by atoms with Crippen LogP contribution in [0.25, 0.3) is 11.5 Å². The van der Waals surface area contributed by atoms with Gasteiger partial charge in [0.05, 0.1) is 18.0 Å². The molecule has 0 aliphatic carbocycles. The maximum Gasteiger partial charge on any atom is 0.307 e. The van der Waals surface area contributed by atoms with Crippen LogP contribution in [0.4, 0.5) is 0 Å². The molecule has 7 heteroatoms. The van der Waals surface area contributed by atoms with Gasteiger partial charge in [0.1, 0.15) is 5.75 Å². The monoisotopic (exact) mass is 303 g/mol. The molecule has 2 N–H and O–H groups in total. The van der Waals surface area contributed by atoms with Crippen molar-refractivity contribution in [2.45, 2.75) is 19.4 Å². The van der Waals surface area contributed by atoms with E-state index in [4.69, 9.17) is 9.52 Å². The van der Waals surface area contributed by atoms with Crippen LogP contribution in [0.1, 0.15) is 18.7 Å². The highest BCUT2D eigenvalue weighted by Gasteiger charge is 2.26. The fourth-order valence-electron chi connectivity index (χ4n) is 2.67. The third-order valence-electron chi connectivity index (χ3n) is 3.81. The van der Waals surface area contributed by atoms with Crippen LogP contribution in [-0.2, 0) is 11.3 Å². The molecule has 0 spiro atoms. The van der Waals surface area contributed by atoms with Crippen LogP contribution in [0, 0.1) is 5.92 Å². The van der Waals surface area contributed by atoms with Gasteiger partial charge in [-0.2, -0.15) is 0 Å². The zero-order valence-electron chi connectivity index (χ0n) is 12.0. The summed E-state index contributed by atoms with van der Waals surface area (Å²) in [4.78, 5) is 13.1. The number of carbonyl (C=O) groups is 1. The van der Waals surface area contributed by atoms with Crippen molar-refractivity contribution in [3.8, 4) is 17.2 Å². The Kier molecular flexibility index (Phi) is 4.06. The van der Waals surface area contributed by atoms with Gasteiger partial charge in [-0.05, 0) is 31.5 Å². The highest BCUT2D eigenvalue weighted by molar-refractivity contribution is 5.70. The highest BCUT2D eigenvalue weighted by Crippen LogP contribution is 2.27. The normalized spacial score (nSPS) is 19.2. The Bertz CT molecular complexity index is 670. The van der Waals surface area contributed by atoms with Gasteiger partial charge in [-0.1, -0.05) is 12.1 Å². The number of benzene rings is 1. The van der Waals surface area contributed by atoms with E-state index in [-0.39, 0.29) is 17.6 Å². The molecule has 1 unspecified atom stereocenters. The first-order valence-corrected chi connectivity index (χ1v) is 7.19. The van der Waals surface area contributed by atoms with Crippen LogP contribution < -0.4 is 0 Å². The Balaban J connectivity index is 1.70. The zero-order chi connectivity index (χ0) is 15.5. The van der Waals surface area contributed by atoms with E-state index in [1.807, 2.05) is 4.90 Å². The lowest BCUT2D eigenvalue weighted by molar-refractivity contribution is -0.143. The van der Waals surface area contributed by atoms with Crippen molar-refractivity contribution in [3.63, 3.8) is 0 Å². The van der Waals surface area contributed by atoms with Gasteiger partial charge in [0.2, 0.25) is 5.89 Å².